The highest BCUT2D eigenvalue weighted by Gasteiger charge is 2.25. The fourth-order valence-corrected chi connectivity index (χ4v) is 4.99. The topological polar surface area (TPSA) is 76.9 Å². The second-order valence-corrected chi connectivity index (χ2v) is 9.13. The molecule has 0 saturated heterocycles. The number of nitrogens with zero attached hydrogens (tertiary/aromatic N) is 3. The molecule has 7 heteroatoms. The summed E-state index contributed by atoms with van der Waals surface area (Å²) < 4.78 is 2.12. The molecule has 2 aromatic heterocycles. The van der Waals surface area contributed by atoms with Crippen molar-refractivity contribution in [1.82, 2.24) is 20.1 Å². The van der Waals surface area contributed by atoms with E-state index < -0.39 is 0 Å². The molecule has 1 unspecified atom stereocenters. The van der Waals surface area contributed by atoms with E-state index in [0.717, 1.165) is 50.7 Å². The van der Waals surface area contributed by atoms with Crippen molar-refractivity contribution >= 4 is 33.8 Å². The lowest BCUT2D eigenvalue weighted by molar-refractivity contribution is 0.0946. The number of ketones is 1. The number of carbonyl (C=O) groups excluding carboxylic acids is 2. The van der Waals surface area contributed by atoms with Crippen LogP contribution in [-0.2, 0) is 13.0 Å². The number of hydrogen-bond acceptors (Lipinski definition) is 5. The smallest absolute Gasteiger partial charge is 0.251 e. The summed E-state index contributed by atoms with van der Waals surface area (Å²) in [5.41, 5.74) is 1.73. The summed E-state index contributed by atoms with van der Waals surface area (Å²) >= 11 is 1.50. The lowest BCUT2D eigenvalue weighted by Crippen LogP contribution is -2.30. The number of amides is 1. The average molecular weight is 431 g/mol. The molecule has 0 aliphatic carbocycles. The molecule has 0 saturated carbocycles. The van der Waals surface area contributed by atoms with Crippen LogP contribution in [-0.4, -0.2) is 33.0 Å². The van der Waals surface area contributed by atoms with Crippen molar-refractivity contribution in [3.8, 4) is 10.4 Å². The summed E-state index contributed by atoms with van der Waals surface area (Å²) in [7, 11) is 0. The molecule has 2 aromatic carbocycles. The molecular weight excluding hydrogens is 408 g/mol. The minimum atomic E-state index is -0.0604. The zero-order valence-corrected chi connectivity index (χ0v) is 18.2. The van der Waals surface area contributed by atoms with Crippen LogP contribution in [0, 0.1) is 12.8 Å². The predicted octanol–water partition coefficient (Wildman–Crippen LogP) is 4.27. The minimum Gasteiger partial charge on any atom is -0.352 e. The fraction of sp³-hybridized carbons (Fsp3) is 0.250. The van der Waals surface area contributed by atoms with Crippen molar-refractivity contribution < 1.29 is 9.59 Å². The third-order valence-corrected chi connectivity index (χ3v) is 7.05. The number of carbonyl (C=O) groups is 2. The van der Waals surface area contributed by atoms with Gasteiger partial charge < -0.3 is 9.88 Å². The van der Waals surface area contributed by atoms with E-state index in [1.807, 2.05) is 49.4 Å². The number of aromatic nitrogens is 3. The van der Waals surface area contributed by atoms with Crippen LogP contribution in [0.5, 0.6) is 0 Å². The van der Waals surface area contributed by atoms with Gasteiger partial charge in [0.15, 0.2) is 5.78 Å². The standard InChI is InChI=1S/C24H22N4O2S/c1-14(29)21-7-8-22(31-21)19-5-3-18-11-20(6-4-17(18)10-19)24(30)25-12-16-9-23-27-26-15(2)28(23)13-16/h3-8,10-11,16H,9,12-13H2,1-2H3,(H,25,30). The summed E-state index contributed by atoms with van der Waals surface area (Å²) in [6, 6.07) is 15.8. The molecule has 6 nitrogen and oxygen atoms in total. The lowest BCUT2D eigenvalue weighted by Gasteiger charge is -2.11. The zero-order chi connectivity index (χ0) is 21.5. The number of benzene rings is 2. The van der Waals surface area contributed by atoms with Crippen molar-refractivity contribution in [3.63, 3.8) is 0 Å². The van der Waals surface area contributed by atoms with Crippen molar-refractivity contribution in [2.24, 2.45) is 5.92 Å². The van der Waals surface area contributed by atoms with Gasteiger partial charge in [0.25, 0.3) is 5.91 Å². The van der Waals surface area contributed by atoms with Crippen LogP contribution in [0.25, 0.3) is 21.2 Å². The van der Waals surface area contributed by atoms with E-state index >= 15 is 0 Å². The Labute approximate surface area is 183 Å². The third kappa shape index (κ3) is 3.77. The van der Waals surface area contributed by atoms with Gasteiger partial charge in [-0.1, -0.05) is 18.2 Å². The molecule has 0 bridgehead atoms. The predicted molar refractivity (Wildman–Crippen MR) is 122 cm³/mol. The first-order valence-electron chi connectivity index (χ1n) is 10.3. The fourth-order valence-electron chi connectivity index (χ4n) is 4.09. The maximum absolute atomic E-state index is 12.7. The second-order valence-electron chi connectivity index (χ2n) is 8.05. The summed E-state index contributed by atoms with van der Waals surface area (Å²) in [6.07, 6.45) is 0.843. The quantitative estimate of drug-likeness (QED) is 0.480. The van der Waals surface area contributed by atoms with Crippen LogP contribution in [0.15, 0.2) is 48.5 Å². The summed E-state index contributed by atoms with van der Waals surface area (Å²) in [4.78, 5) is 26.1. The molecule has 1 N–H and O–H groups in total. The van der Waals surface area contributed by atoms with Gasteiger partial charge in [-0.2, -0.15) is 0 Å². The number of hydrogen-bond donors (Lipinski definition) is 1. The van der Waals surface area contributed by atoms with Gasteiger partial charge in [0.05, 0.1) is 4.88 Å². The van der Waals surface area contributed by atoms with Gasteiger partial charge in [0, 0.05) is 35.9 Å². The molecule has 0 fully saturated rings. The van der Waals surface area contributed by atoms with E-state index in [1.54, 1.807) is 6.92 Å². The number of aryl methyl sites for hydroxylation is 1. The minimum absolute atomic E-state index is 0.0604. The molecule has 0 spiro atoms. The van der Waals surface area contributed by atoms with Gasteiger partial charge >= 0.3 is 0 Å². The zero-order valence-electron chi connectivity index (χ0n) is 17.4. The van der Waals surface area contributed by atoms with Crippen molar-refractivity contribution in [2.45, 2.75) is 26.8 Å². The summed E-state index contributed by atoms with van der Waals surface area (Å²) in [6.45, 7) is 5.01. The Kier molecular flexibility index (Phi) is 4.90. The van der Waals surface area contributed by atoms with E-state index in [4.69, 9.17) is 0 Å². The largest absolute Gasteiger partial charge is 0.352 e. The normalized spacial score (nSPS) is 15.2. The summed E-state index contributed by atoms with van der Waals surface area (Å²) in [5.74, 6) is 2.30. The number of Topliss-reactive ketones (excluding diaryl/α,β-unsaturated/α-hetero) is 1. The molecule has 156 valence electrons. The van der Waals surface area contributed by atoms with Gasteiger partial charge in [0.1, 0.15) is 11.6 Å². The molecule has 1 amide bonds. The van der Waals surface area contributed by atoms with Gasteiger partial charge in [-0.05, 0) is 60.5 Å². The van der Waals surface area contributed by atoms with E-state index in [1.165, 1.54) is 11.3 Å². The molecule has 4 aromatic rings. The highest BCUT2D eigenvalue weighted by molar-refractivity contribution is 7.17. The Morgan fingerprint density at radius 2 is 1.90 bits per heavy atom. The van der Waals surface area contributed by atoms with Crippen LogP contribution in [0.1, 0.15) is 38.6 Å². The Bertz CT molecular complexity index is 1320. The third-order valence-electron chi connectivity index (χ3n) is 5.82. The SMILES string of the molecule is CC(=O)c1ccc(-c2ccc3cc(C(=O)NCC4Cc5nnc(C)n5C4)ccc3c2)s1. The first-order chi connectivity index (χ1) is 15.0. The van der Waals surface area contributed by atoms with E-state index in [2.05, 4.69) is 26.1 Å². The Morgan fingerprint density at radius 3 is 2.68 bits per heavy atom. The molecule has 1 aliphatic rings. The average Bonchev–Trinajstić information content (AvgIpc) is 3.49. The monoisotopic (exact) mass is 430 g/mol. The number of fused-ring (bicyclic) bond motifs is 2. The van der Waals surface area contributed by atoms with Gasteiger partial charge in [-0.3, -0.25) is 9.59 Å². The van der Waals surface area contributed by atoms with Crippen molar-refractivity contribution in [2.75, 3.05) is 6.54 Å². The maximum Gasteiger partial charge on any atom is 0.251 e. The summed E-state index contributed by atoms with van der Waals surface area (Å²) in [5, 5.41) is 13.4. The maximum atomic E-state index is 12.7. The van der Waals surface area contributed by atoms with E-state index in [-0.39, 0.29) is 11.7 Å². The molecule has 1 atom stereocenters. The molecule has 5 rings (SSSR count). The molecule has 0 radical (unpaired) electrons. The van der Waals surface area contributed by atoms with E-state index in [0.29, 0.717) is 18.0 Å². The highest BCUT2D eigenvalue weighted by atomic mass is 32.1. The molecule has 31 heavy (non-hydrogen) atoms. The van der Waals surface area contributed by atoms with Crippen LogP contribution in [0.3, 0.4) is 0 Å². The van der Waals surface area contributed by atoms with Crippen LogP contribution in [0.4, 0.5) is 0 Å². The van der Waals surface area contributed by atoms with Gasteiger partial charge in [-0.15, -0.1) is 21.5 Å². The lowest BCUT2D eigenvalue weighted by atomic mass is 10.0. The Hall–Kier alpha value is -3.32. The van der Waals surface area contributed by atoms with E-state index in [9.17, 15) is 9.59 Å². The van der Waals surface area contributed by atoms with Crippen molar-refractivity contribution in [1.29, 1.82) is 0 Å². The number of thiophene rings is 1. The first-order valence-corrected chi connectivity index (χ1v) is 11.1. The molecule has 1 aliphatic heterocycles. The number of nitrogens with one attached hydrogen (secondary N) is 1. The second kappa shape index (κ2) is 7.74. The number of rotatable bonds is 5. The Balaban J connectivity index is 1.28. The Morgan fingerprint density at radius 1 is 1.10 bits per heavy atom. The van der Waals surface area contributed by atoms with Crippen molar-refractivity contribution in [3.05, 3.63) is 70.6 Å². The molecule has 3 heterocycles. The first kappa shape index (κ1) is 19.6. The van der Waals surface area contributed by atoms with Crippen LogP contribution < -0.4 is 5.32 Å². The van der Waals surface area contributed by atoms with Crippen LogP contribution in [0.2, 0.25) is 0 Å². The molecular formula is C24H22N4O2S. The van der Waals surface area contributed by atoms with Gasteiger partial charge in [0.2, 0.25) is 0 Å². The van der Waals surface area contributed by atoms with Gasteiger partial charge in [-0.25, -0.2) is 0 Å². The van der Waals surface area contributed by atoms with Crippen LogP contribution >= 0.6 is 11.3 Å². The highest BCUT2D eigenvalue weighted by Crippen LogP contribution is 2.31.